The minimum atomic E-state index is -0.575. The summed E-state index contributed by atoms with van der Waals surface area (Å²) in [5.74, 6) is 0.797. The number of benzene rings is 1. The number of nitrogens with zero attached hydrogens (tertiary/aromatic N) is 2. The Morgan fingerprint density at radius 1 is 1.26 bits per heavy atom. The van der Waals surface area contributed by atoms with Crippen molar-refractivity contribution in [3.63, 3.8) is 0 Å². The third kappa shape index (κ3) is 3.86. The van der Waals surface area contributed by atoms with Crippen molar-refractivity contribution in [3.8, 4) is 0 Å². The standard InChI is InChI=1S/C13H17ClN4O/c14-10-5-7-11(8-6-10)18(13(15)19)17-12-4-2-1-3-9-16-12/h5-8H,1-4,9H2,(H2,15,19)(H,16,17). The van der Waals surface area contributed by atoms with Gasteiger partial charge in [0.05, 0.1) is 5.69 Å². The highest BCUT2D eigenvalue weighted by Crippen LogP contribution is 2.17. The molecule has 6 heteroatoms. The largest absolute Gasteiger partial charge is 0.350 e. The van der Waals surface area contributed by atoms with E-state index in [1.807, 2.05) is 0 Å². The molecule has 0 unspecified atom stereocenters. The number of nitrogens with two attached hydrogens (primary N) is 1. The van der Waals surface area contributed by atoms with Gasteiger partial charge in [0.2, 0.25) is 0 Å². The Morgan fingerprint density at radius 2 is 2.00 bits per heavy atom. The van der Waals surface area contributed by atoms with Crippen molar-refractivity contribution < 1.29 is 4.79 Å². The van der Waals surface area contributed by atoms with Crippen LogP contribution in [0, 0.1) is 0 Å². The molecule has 0 radical (unpaired) electrons. The molecule has 0 aromatic heterocycles. The molecule has 0 saturated heterocycles. The zero-order valence-corrected chi connectivity index (χ0v) is 11.4. The van der Waals surface area contributed by atoms with Gasteiger partial charge in [-0.3, -0.25) is 10.4 Å². The van der Waals surface area contributed by atoms with Gasteiger partial charge in [-0.25, -0.2) is 9.80 Å². The second-order valence-corrected chi connectivity index (χ2v) is 4.84. The fourth-order valence-electron chi connectivity index (χ4n) is 1.93. The molecule has 5 nitrogen and oxygen atoms in total. The Labute approximate surface area is 117 Å². The van der Waals surface area contributed by atoms with E-state index >= 15 is 0 Å². The maximum Gasteiger partial charge on any atom is 0.338 e. The molecule has 2 amide bonds. The smallest absolute Gasteiger partial charge is 0.338 e. The van der Waals surface area contributed by atoms with E-state index < -0.39 is 6.03 Å². The molecular formula is C13H17ClN4O. The molecule has 1 aliphatic rings. The van der Waals surface area contributed by atoms with Crippen molar-refractivity contribution >= 4 is 29.2 Å². The van der Waals surface area contributed by atoms with E-state index in [0.717, 1.165) is 38.1 Å². The maximum absolute atomic E-state index is 11.5. The summed E-state index contributed by atoms with van der Waals surface area (Å²) < 4.78 is 0. The topological polar surface area (TPSA) is 70.7 Å². The lowest BCUT2D eigenvalue weighted by Crippen LogP contribution is -2.49. The number of aliphatic imine (C=N–C) groups is 1. The van der Waals surface area contributed by atoms with Gasteiger partial charge in [-0.05, 0) is 37.1 Å². The molecule has 0 aliphatic carbocycles. The predicted octanol–water partition coefficient (Wildman–Crippen LogP) is 2.70. The van der Waals surface area contributed by atoms with E-state index in [4.69, 9.17) is 17.3 Å². The number of rotatable bonds is 1. The molecule has 19 heavy (non-hydrogen) atoms. The van der Waals surface area contributed by atoms with Crippen LogP contribution in [0.2, 0.25) is 5.02 Å². The van der Waals surface area contributed by atoms with Crippen LogP contribution in [0.15, 0.2) is 29.3 Å². The van der Waals surface area contributed by atoms with E-state index in [0.29, 0.717) is 10.7 Å². The Balaban J connectivity index is 2.14. The van der Waals surface area contributed by atoms with Gasteiger partial charge < -0.3 is 5.73 Å². The second-order valence-electron chi connectivity index (χ2n) is 4.40. The highest BCUT2D eigenvalue weighted by molar-refractivity contribution is 6.30. The van der Waals surface area contributed by atoms with Crippen molar-refractivity contribution in [3.05, 3.63) is 29.3 Å². The number of hydrogen-bond acceptors (Lipinski definition) is 3. The number of hydrogen-bond donors (Lipinski definition) is 2. The van der Waals surface area contributed by atoms with Gasteiger partial charge in [0.15, 0.2) is 0 Å². The molecule has 0 bridgehead atoms. The van der Waals surface area contributed by atoms with E-state index in [2.05, 4.69) is 10.4 Å². The molecule has 0 atom stereocenters. The monoisotopic (exact) mass is 280 g/mol. The summed E-state index contributed by atoms with van der Waals surface area (Å²) in [6.07, 6.45) is 4.14. The quantitative estimate of drug-likeness (QED) is 0.777. The summed E-state index contributed by atoms with van der Waals surface area (Å²) in [4.78, 5) is 16.0. The molecule has 0 spiro atoms. The maximum atomic E-state index is 11.5. The molecule has 3 N–H and O–H groups in total. The summed E-state index contributed by atoms with van der Waals surface area (Å²) in [7, 11) is 0. The number of amidine groups is 1. The lowest BCUT2D eigenvalue weighted by atomic mass is 10.2. The second kappa shape index (κ2) is 6.43. The number of hydrazine groups is 1. The average molecular weight is 281 g/mol. The Morgan fingerprint density at radius 3 is 2.68 bits per heavy atom. The van der Waals surface area contributed by atoms with Crippen molar-refractivity contribution in [2.24, 2.45) is 10.7 Å². The Hall–Kier alpha value is -1.75. The lowest BCUT2D eigenvalue weighted by molar-refractivity contribution is 0.253. The zero-order valence-electron chi connectivity index (χ0n) is 10.6. The number of anilines is 1. The molecule has 1 heterocycles. The number of carbonyl (C=O) groups excluding carboxylic acids is 1. The summed E-state index contributed by atoms with van der Waals surface area (Å²) in [5.41, 5.74) is 9.04. The third-order valence-electron chi connectivity index (χ3n) is 2.92. The number of amides is 2. The first-order valence-corrected chi connectivity index (χ1v) is 6.70. The average Bonchev–Trinajstić information content (AvgIpc) is 2.65. The fourth-order valence-corrected chi connectivity index (χ4v) is 2.06. The Bertz CT molecular complexity index is 472. The molecule has 102 valence electrons. The highest BCUT2D eigenvalue weighted by Gasteiger charge is 2.15. The predicted molar refractivity (Wildman–Crippen MR) is 77.4 cm³/mol. The minimum Gasteiger partial charge on any atom is -0.350 e. The van der Waals surface area contributed by atoms with Gasteiger partial charge in [0.1, 0.15) is 5.84 Å². The highest BCUT2D eigenvalue weighted by atomic mass is 35.5. The van der Waals surface area contributed by atoms with Crippen LogP contribution >= 0.6 is 11.6 Å². The van der Waals surface area contributed by atoms with Crippen molar-refractivity contribution in [2.75, 3.05) is 11.6 Å². The fraction of sp³-hybridized carbons (Fsp3) is 0.385. The van der Waals surface area contributed by atoms with E-state index in [-0.39, 0.29) is 0 Å². The molecule has 1 aromatic carbocycles. The van der Waals surface area contributed by atoms with Crippen LogP contribution in [0.5, 0.6) is 0 Å². The molecule has 1 aliphatic heterocycles. The van der Waals surface area contributed by atoms with Crippen LogP contribution in [0.25, 0.3) is 0 Å². The summed E-state index contributed by atoms with van der Waals surface area (Å²) in [6.45, 7) is 0.787. The van der Waals surface area contributed by atoms with Crippen LogP contribution in [-0.2, 0) is 0 Å². The number of carbonyl (C=O) groups is 1. The van der Waals surface area contributed by atoms with E-state index in [1.165, 1.54) is 5.01 Å². The number of urea groups is 1. The van der Waals surface area contributed by atoms with Crippen LogP contribution in [0.4, 0.5) is 10.5 Å². The summed E-state index contributed by atoms with van der Waals surface area (Å²) in [5, 5.41) is 1.90. The third-order valence-corrected chi connectivity index (χ3v) is 3.17. The van der Waals surface area contributed by atoms with Gasteiger partial charge in [-0.1, -0.05) is 18.0 Å². The number of halogens is 1. The van der Waals surface area contributed by atoms with Crippen LogP contribution in [0.3, 0.4) is 0 Å². The van der Waals surface area contributed by atoms with Gasteiger partial charge in [0.25, 0.3) is 0 Å². The van der Waals surface area contributed by atoms with Gasteiger partial charge >= 0.3 is 6.03 Å². The first-order valence-electron chi connectivity index (χ1n) is 6.32. The van der Waals surface area contributed by atoms with Gasteiger partial charge in [-0.2, -0.15) is 0 Å². The molecule has 0 fully saturated rings. The van der Waals surface area contributed by atoms with Crippen LogP contribution in [-0.4, -0.2) is 18.4 Å². The molecule has 1 aromatic rings. The number of nitrogens with one attached hydrogen (secondary N) is 1. The van der Waals surface area contributed by atoms with Crippen molar-refractivity contribution in [1.82, 2.24) is 5.43 Å². The summed E-state index contributed by atoms with van der Waals surface area (Å²) >= 11 is 5.83. The summed E-state index contributed by atoms with van der Waals surface area (Å²) in [6, 6.07) is 6.32. The van der Waals surface area contributed by atoms with E-state index in [1.54, 1.807) is 24.3 Å². The molecule has 2 rings (SSSR count). The van der Waals surface area contributed by atoms with Crippen molar-refractivity contribution in [1.29, 1.82) is 0 Å². The van der Waals surface area contributed by atoms with Crippen LogP contribution < -0.4 is 16.2 Å². The van der Waals surface area contributed by atoms with E-state index in [9.17, 15) is 4.79 Å². The van der Waals surface area contributed by atoms with Gasteiger partial charge in [-0.15, -0.1) is 0 Å². The minimum absolute atomic E-state index is 0.575. The first-order chi connectivity index (χ1) is 9.16. The number of primary amides is 1. The van der Waals surface area contributed by atoms with Gasteiger partial charge in [0, 0.05) is 18.0 Å². The first kappa shape index (κ1) is 13.7. The Kier molecular flexibility index (Phi) is 4.63. The SMILES string of the molecule is NC(=O)N(NC1=NCCCCC1)c1ccc(Cl)cc1. The van der Waals surface area contributed by atoms with Crippen LogP contribution in [0.1, 0.15) is 25.7 Å². The zero-order chi connectivity index (χ0) is 13.7. The normalized spacial score (nSPS) is 15.3. The lowest BCUT2D eigenvalue weighted by Gasteiger charge is -2.23. The van der Waals surface area contributed by atoms with Crippen molar-refractivity contribution in [2.45, 2.75) is 25.7 Å². The molecule has 0 saturated carbocycles. The molecular weight excluding hydrogens is 264 g/mol.